The van der Waals surface area contributed by atoms with Crippen LogP contribution < -0.4 is 10.2 Å². The monoisotopic (exact) mass is 729 g/mol. The van der Waals surface area contributed by atoms with Crippen molar-refractivity contribution in [1.82, 2.24) is 15.1 Å². The maximum Gasteiger partial charge on any atom is 0.399 e. The molecule has 3 atom stereocenters. The Bertz CT molecular complexity index is 1920. The Morgan fingerprint density at radius 3 is 2.36 bits per heavy atom. The molecule has 2 aliphatic rings. The summed E-state index contributed by atoms with van der Waals surface area (Å²) in [5.74, 6) is -2.39. The second kappa shape index (κ2) is 13.8. The summed E-state index contributed by atoms with van der Waals surface area (Å²) in [4.78, 5) is 76.8. The van der Waals surface area contributed by atoms with Gasteiger partial charge in [0, 0.05) is 55.6 Å². The van der Waals surface area contributed by atoms with Gasteiger partial charge in [0.05, 0.1) is 22.3 Å². The molecule has 1 aromatic heterocycles. The molecule has 12 nitrogen and oxygen atoms in total. The molecule has 3 aromatic rings. The van der Waals surface area contributed by atoms with Gasteiger partial charge in [0.2, 0.25) is 17.7 Å². The summed E-state index contributed by atoms with van der Waals surface area (Å²) in [5.41, 5.74) is -4.61. The summed E-state index contributed by atoms with van der Waals surface area (Å²) in [6.07, 6.45) is 1.46. The number of amides is 4. The summed E-state index contributed by atoms with van der Waals surface area (Å²) in [7, 11) is -4.16. The minimum absolute atomic E-state index is 0.0117. The van der Waals surface area contributed by atoms with Crippen molar-refractivity contribution >= 4 is 58.3 Å². The fourth-order valence-electron chi connectivity index (χ4n) is 6.46. The SMILES string of the molecule is CC(=O)N1CC[C@H]2CC[C@@H](C(=O)N(C)c3ccc(C(C)(C)C#N)cc3)N2C(=O)C(CNC(=O)c2cc3cc(C(F)(F)P(=O)(O)O)ccc3s2)C1. The van der Waals surface area contributed by atoms with Gasteiger partial charge in [-0.1, -0.05) is 18.2 Å². The number of nitrogens with one attached hydrogen (secondary N) is 1. The molecule has 5 rings (SSSR count). The van der Waals surface area contributed by atoms with Gasteiger partial charge >= 0.3 is 13.3 Å². The molecule has 3 heterocycles. The molecule has 3 N–H and O–H groups in total. The number of nitrogens with zero attached hydrogens (tertiary/aromatic N) is 4. The molecule has 0 spiro atoms. The van der Waals surface area contributed by atoms with Crippen LogP contribution >= 0.6 is 18.9 Å². The fraction of sp³-hybridized carbons (Fsp3) is 0.441. The van der Waals surface area contributed by atoms with Crippen molar-refractivity contribution in [2.24, 2.45) is 5.92 Å². The molecule has 2 aromatic carbocycles. The van der Waals surface area contributed by atoms with Gasteiger partial charge in [0.25, 0.3) is 5.91 Å². The molecular formula is C34H38F2N5O7PS. The first-order chi connectivity index (χ1) is 23.4. The third-order valence-electron chi connectivity index (χ3n) is 9.56. The summed E-state index contributed by atoms with van der Waals surface area (Å²) in [5, 5.41) is 12.4. The van der Waals surface area contributed by atoms with Gasteiger partial charge in [-0.05, 0) is 74.4 Å². The fourth-order valence-corrected chi connectivity index (χ4v) is 7.90. The minimum Gasteiger partial charge on any atom is -0.350 e. The van der Waals surface area contributed by atoms with E-state index in [1.807, 2.05) is 0 Å². The molecule has 2 fully saturated rings. The van der Waals surface area contributed by atoms with Crippen molar-refractivity contribution in [3.05, 3.63) is 64.5 Å². The highest BCUT2D eigenvalue weighted by Crippen LogP contribution is 2.59. The van der Waals surface area contributed by atoms with Gasteiger partial charge in [0.15, 0.2) is 0 Å². The minimum atomic E-state index is -5.79. The lowest BCUT2D eigenvalue weighted by atomic mass is 9.86. The summed E-state index contributed by atoms with van der Waals surface area (Å²) >= 11 is 0.980. The number of anilines is 1. The van der Waals surface area contributed by atoms with Crippen molar-refractivity contribution in [3.8, 4) is 6.07 Å². The van der Waals surface area contributed by atoms with Crippen molar-refractivity contribution in [2.75, 3.05) is 31.6 Å². The Labute approximate surface area is 291 Å². The first-order valence-electron chi connectivity index (χ1n) is 16.0. The Hall–Kier alpha value is -4.22. The number of thiophene rings is 1. The lowest BCUT2D eigenvalue weighted by Gasteiger charge is -2.39. The smallest absolute Gasteiger partial charge is 0.350 e. The highest BCUT2D eigenvalue weighted by molar-refractivity contribution is 7.52. The normalized spacial score (nSPS) is 20.1. The number of nitriles is 1. The van der Waals surface area contributed by atoms with Crippen LogP contribution in [-0.2, 0) is 30.0 Å². The van der Waals surface area contributed by atoms with Crippen molar-refractivity contribution in [2.45, 2.75) is 63.2 Å². The van der Waals surface area contributed by atoms with Crippen LogP contribution in [0.3, 0.4) is 0 Å². The van der Waals surface area contributed by atoms with Crippen LogP contribution in [0.15, 0.2) is 48.5 Å². The Morgan fingerprint density at radius 2 is 1.74 bits per heavy atom. The maximum absolute atomic E-state index is 14.3. The van der Waals surface area contributed by atoms with Crippen molar-refractivity contribution in [3.63, 3.8) is 0 Å². The average molecular weight is 730 g/mol. The van der Waals surface area contributed by atoms with E-state index in [0.29, 0.717) is 36.2 Å². The zero-order valence-electron chi connectivity index (χ0n) is 27.9. The van der Waals surface area contributed by atoms with E-state index >= 15 is 0 Å². The summed E-state index contributed by atoms with van der Waals surface area (Å²) in [6.45, 7) is 5.20. The van der Waals surface area contributed by atoms with Gasteiger partial charge in [-0.2, -0.15) is 14.0 Å². The molecule has 50 heavy (non-hydrogen) atoms. The maximum atomic E-state index is 14.3. The number of alkyl halides is 2. The van der Waals surface area contributed by atoms with Gasteiger partial charge in [0.1, 0.15) is 6.04 Å². The molecule has 2 saturated heterocycles. The number of benzene rings is 2. The number of halogens is 2. The molecule has 4 amide bonds. The quantitative estimate of drug-likeness (QED) is 0.284. The molecule has 0 aliphatic carbocycles. The molecule has 16 heteroatoms. The number of carbonyl (C=O) groups is 4. The predicted molar refractivity (Wildman–Crippen MR) is 183 cm³/mol. The van der Waals surface area contributed by atoms with Crippen molar-refractivity contribution in [1.29, 1.82) is 5.26 Å². The number of carbonyl (C=O) groups excluding carboxylic acids is 4. The van der Waals surface area contributed by atoms with E-state index < -0.39 is 42.1 Å². The first kappa shape index (κ1) is 37.0. The Morgan fingerprint density at radius 1 is 1.08 bits per heavy atom. The van der Waals surface area contributed by atoms with Gasteiger partial charge in [-0.3, -0.25) is 23.7 Å². The highest BCUT2D eigenvalue weighted by Gasteiger charge is 2.50. The molecule has 0 radical (unpaired) electrons. The second-order valence-corrected chi connectivity index (χ2v) is 16.0. The number of fused-ring (bicyclic) bond motifs is 2. The van der Waals surface area contributed by atoms with Crippen molar-refractivity contribution < 1.29 is 42.3 Å². The van der Waals surface area contributed by atoms with Gasteiger partial charge < -0.3 is 29.8 Å². The van der Waals surface area contributed by atoms with Crippen LogP contribution in [0.2, 0.25) is 0 Å². The van der Waals surface area contributed by atoms with Crippen LogP contribution in [0.25, 0.3) is 10.1 Å². The van der Waals surface area contributed by atoms with E-state index in [-0.39, 0.29) is 47.1 Å². The molecule has 266 valence electrons. The van der Waals surface area contributed by atoms with Crippen LogP contribution in [0, 0.1) is 17.2 Å². The lowest BCUT2D eigenvalue weighted by molar-refractivity contribution is -0.146. The Balaban J connectivity index is 1.34. The average Bonchev–Trinajstić information content (AvgIpc) is 3.69. The topological polar surface area (TPSA) is 171 Å². The number of likely N-dealkylation sites (N-methyl/N-ethyl adjacent to an activating group) is 1. The second-order valence-electron chi connectivity index (χ2n) is 13.3. The van der Waals surface area contributed by atoms with Crippen LogP contribution in [0.5, 0.6) is 0 Å². The standard InChI is InChI=1S/C34H38F2N5O7PS/c1-20(42)40-14-13-26-10-11-27(32(45)39(4)25-8-5-23(6-9-25)33(2,3)19-37)41(26)31(44)22(18-40)17-38-30(43)29-16-21-15-24(7-12-28(21)50-29)34(35,36)49(46,47)48/h5-9,12,15-16,22,26-27H,10-11,13-14,17-18H2,1-4H3,(H,38,43)(H2,46,47,48)/t22?,26-,27+/m1/s1. The van der Waals surface area contributed by atoms with E-state index in [1.165, 1.54) is 24.0 Å². The first-order valence-corrected chi connectivity index (χ1v) is 18.4. The molecule has 0 bridgehead atoms. The highest BCUT2D eigenvalue weighted by atomic mass is 32.1. The van der Waals surface area contributed by atoms with Crippen LogP contribution in [0.1, 0.15) is 60.8 Å². The third kappa shape index (κ3) is 7.16. The number of rotatable bonds is 8. The van der Waals surface area contributed by atoms with E-state index in [4.69, 9.17) is 9.79 Å². The molecule has 0 saturated carbocycles. The van der Waals surface area contributed by atoms with Crippen LogP contribution in [0.4, 0.5) is 14.5 Å². The third-order valence-corrected chi connectivity index (χ3v) is 11.7. The zero-order valence-corrected chi connectivity index (χ0v) is 29.6. The number of hydrogen-bond acceptors (Lipinski definition) is 7. The Kier molecular flexibility index (Phi) is 10.2. The molecule has 2 aliphatic heterocycles. The number of hydrogen-bond donors (Lipinski definition) is 3. The van der Waals surface area contributed by atoms with Gasteiger partial charge in [-0.15, -0.1) is 11.3 Å². The van der Waals surface area contributed by atoms with E-state index in [9.17, 15) is 37.8 Å². The predicted octanol–water partition coefficient (Wildman–Crippen LogP) is 4.55. The molecule has 1 unspecified atom stereocenters. The van der Waals surface area contributed by atoms with E-state index in [1.54, 1.807) is 55.0 Å². The van der Waals surface area contributed by atoms with E-state index in [2.05, 4.69) is 11.4 Å². The lowest BCUT2D eigenvalue weighted by Crippen LogP contribution is -2.56. The summed E-state index contributed by atoms with van der Waals surface area (Å²) < 4.78 is 40.4. The van der Waals surface area contributed by atoms with Crippen LogP contribution in [-0.4, -0.2) is 82.0 Å². The molecular weight excluding hydrogens is 691 g/mol. The van der Waals surface area contributed by atoms with Gasteiger partial charge in [-0.25, -0.2) is 0 Å². The summed E-state index contributed by atoms with van der Waals surface area (Å²) in [6, 6.07) is 12.7. The van der Waals surface area contributed by atoms with E-state index in [0.717, 1.165) is 29.0 Å². The largest absolute Gasteiger partial charge is 0.399 e. The zero-order chi connectivity index (χ0) is 36.8.